The molecule has 2 heterocycles. The molecule has 21 heavy (non-hydrogen) atoms. The Labute approximate surface area is 129 Å². The van der Waals surface area contributed by atoms with Crippen LogP contribution in [0.5, 0.6) is 0 Å². The van der Waals surface area contributed by atoms with Gasteiger partial charge in [0.2, 0.25) is 0 Å². The second-order valence-corrected chi connectivity index (χ2v) is 7.50. The molecule has 3 nitrogen and oxygen atoms in total. The normalized spacial score (nSPS) is 29.7. The van der Waals surface area contributed by atoms with Crippen molar-refractivity contribution in [2.24, 2.45) is 11.3 Å². The van der Waals surface area contributed by atoms with Crippen LogP contribution in [-0.2, 0) is 4.74 Å². The van der Waals surface area contributed by atoms with Crippen LogP contribution in [0.3, 0.4) is 0 Å². The Bertz CT molecular complexity index is 638. The van der Waals surface area contributed by atoms with Crippen LogP contribution in [0.25, 0.3) is 10.6 Å². The number of anilines is 1. The van der Waals surface area contributed by atoms with Crippen molar-refractivity contribution in [3.05, 3.63) is 35.8 Å². The fraction of sp³-hybridized carbons (Fsp3) is 0.471. The number of fused-ring (bicyclic) bond motifs is 1. The fourth-order valence-electron chi connectivity index (χ4n) is 3.90. The number of ether oxygens (including phenoxy) is 1. The van der Waals surface area contributed by atoms with Crippen LogP contribution < -0.4 is 5.32 Å². The molecule has 0 spiro atoms. The number of nitrogens with one attached hydrogen (secondary N) is 1. The van der Waals surface area contributed by atoms with E-state index in [4.69, 9.17) is 4.74 Å². The zero-order chi connectivity index (χ0) is 14.4. The molecule has 2 fully saturated rings. The molecule has 4 rings (SSSR count). The minimum Gasteiger partial charge on any atom is -0.381 e. The molecule has 3 atom stereocenters. The van der Waals surface area contributed by atoms with E-state index in [9.17, 15) is 0 Å². The Morgan fingerprint density at radius 1 is 1.38 bits per heavy atom. The highest BCUT2D eigenvalue weighted by Gasteiger charge is 2.59. The lowest BCUT2D eigenvalue weighted by Crippen LogP contribution is -2.63. The van der Waals surface area contributed by atoms with Crippen molar-refractivity contribution in [3.8, 4) is 10.6 Å². The lowest BCUT2D eigenvalue weighted by molar-refractivity contribution is -0.0923. The van der Waals surface area contributed by atoms with E-state index in [0.717, 1.165) is 11.6 Å². The van der Waals surface area contributed by atoms with Crippen LogP contribution in [0.2, 0.25) is 0 Å². The molecule has 1 aromatic heterocycles. The van der Waals surface area contributed by atoms with Crippen LogP contribution in [0, 0.1) is 11.3 Å². The van der Waals surface area contributed by atoms with Gasteiger partial charge in [-0.05, 0) is 18.6 Å². The van der Waals surface area contributed by atoms with Crippen molar-refractivity contribution in [2.75, 3.05) is 11.9 Å². The van der Waals surface area contributed by atoms with Crippen molar-refractivity contribution in [2.45, 2.75) is 32.4 Å². The molecule has 1 saturated heterocycles. The van der Waals surface area contributed by atoms with Crippen molar-refractivity contribution < 1.29 is 4.74 Å². The maximum atomic E-state index is 5.87. The average molecular weight is 300 g/mol. The van der Waals surface area contributed by atoms with E-state index < -0.39 is 0 Å². The fourth-order valence-corrected chi connectivity index (χ4v) is 4.54. The molecule has 1 aromatic carbocycles. The number of hydrogen-bond acceptors (Lipinski definition) is 4. The van der Waals surface area contributed by atoms with E-state index in [1.807, 2.05) is 11.6 Å². The van der Waals surface area contributed by atoms with Crippen LogP contribution in [0.15, 0.2) is 35.8 Å². The SMILES string of the molecule is CC1(C)C(Nc2cccc(-c3nccs3)c2)C2CCOC21. The van der Waals surface area contributed by atoms with Gasteiger partial charge in [-0.15, -0.1) is 11.3 Å². The first-order valence-electron chi connectivity index (χ1n) is 7.54. The minimum absolute atomic E-state index is 0.207. The third-order valence-corrected chi connectivity index (χ3v) is 5.79. The number of rotatable bonds is 3. The maximum Gasteiger partial charge on any atom is 0.123 e. The second-order valence-electron chi connectivity index (χ2n) is 6.61. The standard InChI is InChI=1S/C17H20N2OS/c1-17(2)14(13-6-8-20-15(13)17)19-12-5-3-4-11(10-12)16-18-7-9-21-16/h3-5,7,9-10,13-15,19H,6,8H2,1-2H3. The molecule has 1 N–H and O–H groups in total. The van der Waals surface area contributed by atoms with Gasteiger partial charge in [-0.3, -0.25) is 0 Å². The Hall–Kier alpha value is -1.39. The summed E-state index contributed by atoms with van der Waals surface area (Å²) in [7, 11) is 0. The van der Waals surface area contributed by atoms with Crippen LogP contribution in [0.1, 0.15) is 20.3 Å². The average Bonchev–Trinajstić information content (AvgIpc) is 3.15. The van der Waals surface area contributed by atoms with Crippen molar-refractivity contribution in [3.63, 3.8) is 0 Å². The zero-order valence-corrected chi connectivity index (χ0v) is 13.2. The molecule has 2 aromatic rings. The molecule has 0 radical (unpaired) electrons. The zero-order valence-electron chi connectivity index (χ0n) is 12.4. The molecule has 0 bridgehead atoms. The minimum atomic E-state index is 0.207. The number of benzene rings is 1. The van der Waals surface area contributed by atoms with E-state index in [2.05, 4.69) is 48.4 Å². The van der Waals surface area contributed by atoms with Gasteiger partial charge in [0.25, 0.3) is 0 Å². The van der Waals surface area contributed by atoms with E-state index in [0.29, 0.717) is 18.1 Å². The summed E-state index contributed by atoms with van der Waals surface area (Å²) in [6, 6.07) is 9.08. The monoisotopic (exact) mass is 300 g/mol. The van der Waals surface area contributed by atoms with Gasteiger partial charge in [-0.2, -0.15) is 0 Å². The second kappa shape index (κ2) is 4.82. The van der Waals surface area contributed by atoms with Crippen LogP contribution in [0.4, 0.5) is 5.69 Å². The van der Waals surface area contributed by atoms with Crippen molar-refractivity contribution in [1.29, 1.82) is 0 Å². The van der Waals surface area contributed by atoms with Gasteiger partial charge < -0.3 is 10.1 Å². The summed E-state index contributed by atoms with van der Waals surface area (Å²) in [5.41, 5.74) is 2.58. The van der Waals surface area contributed by atoms with Gasteiger partial charge in [-0.25, -0.2) is 4.98 Å². The molecular formula is C17H20N2OS. The van der Waals surface area contributed by atoms with Gasteiger partial charge in [0.1, 0.15) is 5.01 Å². The highest BCUT2D eigenvalue weighted by Crippen LogP contribution is 2.53. The number of thiazole rings is 1. The Balaban J connectivity index is 1.56. The van der Waals surface area contributed by atoms with Crippen LogP contribution in [-0.4, -0.2) is 23.7 Å². The first kappa shape index (κ1) is 13.3. The van der Waals surface area contributed by atoms with Gasteiger partial charge in [-0.1, -0.05) is 26.0 Å². The van der Waals surface area contributed by atoms with E-state index in [-0.39, 0.29) is 5.41 Å². The predicted octanol–water partition coefficient (Wildman–Crippen LogP) is 4.04. The van der Waals surface area contributed by atoms with Gasteiger partial charge >= 0.3 is 0 Å². The quantitative estimate of drug-likeness (QED) is 0.929. The molecule has 110 valence electrons. The summed E-state index contributed by atoms with van der Waals surface area (Å²) >= 11 is 1.68. The van der Waals surface area contributed by atoms with Crippen molar-refractivity contribution >= 4 is 17.0 Å². The molecule has 1 aliphatic heterocycles. The van der Waals surface area contributed by atoms with Crippen molar-refractivity contribution in [1.82, 2.24) is 4.98 Å². The third-order valence-electron chi connectivity index (χ3n) is 4.96. The molecule has 2 aliphatic rings. The molecule has 4 heteroatoms. The Morgan fingerprint density at radius 2 is 2.29 bits per heavy atom. The van der Waals surface area contributed by atoms with Gasteiger partial charge in [0.05, 0.1) is 6.10 Å². The molecule has 1 aliphatic carbocycles. The highest BCUT2D eigenvalue weighted by atomic mass is 32.1. The van der Waals surface area contributed by atoms with E-state index in [1.165, 1.54) is 17.7 Å². The lowest BCUT2D eigenvalue weighted by Gasteiger charge is -2.55. The largest absolute Gasteiger partial charge is 0.381 e. The van der Waals surface area contributed by atoms with Crippen LogP contribution >= 0.6 is 11.3 Å². The Morgan fingerprint density at radius 3 is 3.10 bits per heavy atom. The number of nitrogens with zero attached hydrogens (tertiary/aromatic N) is 1. The van der Waals surface area contributed by atoms with Gasteiger partial charge in [0.15, 0.2) is 0 Å². The first-order chi connectivity index (χ1) is 10.2. The summed E-state index contributed by atoms with van der Waals surface area (Å²) in [4.78, 5) is 4.39. The smallest absolute Gasteiger partial charge is 0.123 e. The third kappa shape index (κ3) is 2.09. The van der Waals surface area contributed by atoms with Gasteiger partial charge in [0, 0.05) is 46.8 Å². The first-order valence-corrected chi connectivity index (χ1v) is 8.42. The molecular weight excluding hydrogens is 280 g/mol. The summed E-state index contributed by atoms with van der Waals surface area (Å²) in [6.07, 6.45) is 3.46. The lowest BCUT2D eigenvalue weighted by atomic mass is 9.57. The van der Waals surface area contributed by atoms with E-state index in [1.54, 1.807) is 11.3 Å². The molecule has 0 amide bonds. The van der Waals surface area contributed by atoms with E-state index >= 15 is 0 Å². The summed E-state index contributed by atoms with van der Waals surface area (Å²) < 4.78 is 5.87. The summed E-state index contributed by atoms with van der Waals surface area (Å²) in [5, 5.41) is 6.84. The predicted molar refractivity (Wildman–Crippen MR) is 86.6 cm³/mol. The summed E-state index contributed by atoms with van der Waals surface area (Å²) in [6.45, 7) is 5.53. The Kier molecular flexibility index (Phi) is 3.05. The maximum absolute atomic E-state index is 5.87. The molecule has 1 saturated carbocycles. The topological polar surface area (TPSA) is 34.2 Å². The highest BCUT2D eigenvalue weighted by molar-refractivity contribution is 7.13. The number of hydrogen-bond donors (Lipinski definition) is 1. The number of aromatic nitrogens is 1. The molecule has 3 unspecified atom stereocenters. The summed E-state index contributed by atoms with van der Waals surface area (Å²) in [5.74, 6) is 0.656.